The zero-order chi connectivity index (χ0) is 14.5. The Labute approximate surface area is 123 Å². The molecule has 0 fully saturated rings. The largest absolute Gasteiger partial charge is 0.486 e. The van der Waals surface area contributed by atoms with Crippen LogP contribution in [0.25, 0.3) is 0 Å². The molecule has 0 amide bonds. The fourth-order valence-electron chi connectivity index (χ4n) is 1.54. The molecule has 2 rings (SSSR count). The number of methoxy groups -OCH3 is 1. The van der Waals surface area contributed by atoms with Gasteiger partial charge in [0.25, 0.3) is 0 Å². The van der Waals surface area contributed by atoms with Gasteiger partial charge in [-0.15, -0.1) is 0 Å². The number of aromatic nitrogens is 1. The topological polar surface area (TPSA) is 81.8 Å². The van der Waals surface area contributed by atoms with E-state index in [1.807, 2.05) is 0 Å². The Bertz CT molecular complexity index is 611. The molecule has 0 aliphatic carbocycles. The summed E-state index contributed by atoms with van der Waals surface area (Å²) >= 11 is 3.27. The standard InChI is InChI=1S/C13H12BrNO5/c1-18-7-10-5-9(15-20-10)6-19-12-3-2-8(13(16)17)4-11(12)14/h2-5H,6-7H2,1H3,(H,16,17). The van der Waals surface area contributed by atoms with Crippen LogP contribution in [-0.2, 0) is 18.0 Å². The molecule has 1 aromatic heterocycles. The van der Waals surface area contributed by atoms with Crippen LogP contribution >= 0.6 is 15.9 Å². The monoisotopic (exact) mass is 341 g/mol. The smallest absolute Gasteiger partial charge is 0.335 e. The predicted octanol–water partition coefficient (Wildman–Crippen LogP) is 2.86. The molecule has 20 heavy (non-hydrogen) atoms. The number of carboxylic acid groups (broad SMARTS) is 1. The van der Waals surface area contributed by atoms with E-state index in [1.165, 1.54) is 12.1 Å². The molecule has 0 spiro atoms. The molecule has 6 nitrogen and oxygen atoms in total. The highest BCUT2D eigenvalue weighted by Gasteiger charge is 2.09. The highest BCUT2D eigenvalue weighted by atomic mass is 79.9. The number of hydrogen-bond donors (Lipinski definition) is 1. The summed E-state index contributed by atoms with van der Waals surface area (Å²) in [6.45, 7) is 0.572. The van der Waals surface area contributed by atoms with Gasteiger partial charge in [-0.25, -0.2) is 4.79 Å². The van der Waals surface area contributed by atoms with E-state index in [0.29, 0.717) is 28.3 Å². The number of halogens is 1. The Morgan fingerprint density at radius 1 is 1.40 bits per heavy atom. The summed E-state index contributed by atoms with van der Waals surface area (Å²) in [4.78, 5) is 10.8. The van der Waals surface area contributed by atoms with Crippen molar-refractivity contribution in [2.45, 2.75) is 13.2 Å². The SMILES string of the molecule is COCc1cc(COc2ccc(C(=O)O)cc2Br)no1. The molecule has 0 bridgehead atoms. The lowest BCUT2D eigenvalue weighted by Crippen LogP contribution is -1.99. The van der Waals surface area contributed by atoms with Crippen molar-refractivity contribution in [1.82, 2.24) is 5.16 Å². The van der Waals surface area contributed by atoms with E-state index in [1.54, 1.807) is 19.2 Å². The molecule has 0 aliphatic rings. The van der Waals surface area contributed by atoms with E-state index in [4.69, 9.17) is 19.1 Å². The molecule has 1 N–H and O–H groups in total. The van der Waals surface area contributed by atoms with Crippen molar-refractivity contribution in [1.29, 1.82) is 0 Å². The van der Waals surface area contributed by atoms with Gasteiger partial charge in [0.05, 0.1) is 10.0 Å². The molecular formula is C13H12BrNO5. The van der Waals surface area contributed by atoms with Crippen molar-refractivity contribution < 1.29 is 23.9 Å². The zero-order valence-electron chi connectivity index (χ0n) is 10.6. The van der Waals surface area contributed by atoms with Crippen LogP contribution in [0.1, 0.15) is 21.8 Å². The second-order valence-electron chi connectivity index (χ2n) is 3.96. The van der Waals surface area contributed by atoms with E-state index in [0.717, 1.165) is 0 Å². The number of ether oxygens (including phenoxy) is 2. The van der Waals surface area contributed by atoms with Crippen LogP contribution in [0.2, 0.25) is 0 Å². The number of carboxylic acids is 1. The van der Waals surface area contributed by atoms with Crippen molar-refractivity contribution in [3.63, 3.8) is 0 Å². The summed E-state index contributed by atoms with van der Waals surface area (Å²) in [6.07, 6.45) is 0. The van der Waals surface area contributed by atoms with Gasteiger partial charge in [-0.3, -0.25) is 0 Å². The van der Waals surface area contributed by atoms with Crippen LogP contribution in [0.15, 0.2) is 33.3 Å². The molecule has 2 aromatic rings. The van der Waals surface area contributed by atoms with Gasteiger partial charge >= 0.3 is 5.97 Å². The maximum Gasteiger partial charge on any atom is 0.335 e. The molecule has 1 aromatic carbocycles. The summed E-state index contributed by atoms with van der Waals surface area (Å²) in [5, 5.41) is 12.7. The van der Waals surface area contributed by atoms with E-state index in [9.17, 15) is 4.79 Å². The first-order valence-electron chi connectivity index (χ1n) is 5.69. The quantitative estimate of drug-likeness (QED) is 0.869. The Balaban J connectivity index is 2.01. The molecule has 1 heterocycles. The van der Waals surface area contributed by atoms with Gasteiger partial charge in [0.2, 0.25) is 0 Å². The van der Waals surface area contributed by atoms with Gasteiger partial charge in [0.1, 0.15) is 24.7 Å². The minimum absolute atomic E-state index is 0.188. The van der Waals surface area contributed by atoms with Gasteiger partial charge in [-0.05, 0) is 34.1 Å². The molecular weight excluding hydrogens is 330 g/mol. The van der Waals surface area contributed by atoms with Gasteiger partial charge in [0.15, 0.2) is 5.76 Å². The second-order valence-corrected chi connectivity index (χ2v) is 4.81. The summed E-state index contributed by atoms with van der Waals surface area (Å²) < 4.78 is 16.1. The van der Waals surface area contributed by atoms with E-state index in [-0.39, 0.29) is 12.2 Å². The first-order chi connectivity index (χ1) is 9.60. The molecule has 0 saturated carbocycles. The molecule has 0 unspecified atom stereocenters. The number of benzene rings is 1. The average Bonchev–Trinajstić information content (AvgIpc) is 2.85. The van der Waals surface area contributed by atoms with Gasteiger partial charge in [-0.1, -0.05) is 5.16 Å². The van der Waals surface area contributed by atoms with Crippen LogP contribution < -0.4 is 4.74 Å². The fourth-order valence-corrected chi connectivity index (χ4v) is 2.03. The third-order valence-electron chi connectivity index (χ3n) is 2.45. The summed E-state index contributed by atoms with van der Waals surface area (Å²) in [6, 6.07) is 6.28. The van der Waals surface area contributed by atoms with Crippen molar-refractivity contribution in [2.75, 3.05) is 7.11 Å². The number of rotatable bonds is 6. The molecule has 0 saturated heterocycles. The normalized spacial score (nSPS) is 10.5. The lowest BCUT2D eigenvalue weighted by Gasteiger charge is -2.06. The molecule has 7 heteroatoms. The van der Waals surface area contributed by atoms with Crippen LogP contribution in [0.4, 0.5) is 0 Å². The Kier molecular flexibility index (Phi) is 4.75. The third kappa shape index (κ3) is 3.58. The number of aromatic carboxylic acids is 1. The summed E-state index contributed by atoms with van der Waals surface area (Å²) in [5.74, 6) is 0.163. The van der Waals surface area contributed by atoms with E-state index in [2.05, 4.69) is 21.1 Å². The van der Waals surface area contributed by atoms with Gasteiger partial charge in [-0.2, -0.15) is 0 Å². The van der Waals surface area contributed by atoms with Crippen LogP contribution in [0.3, 0.4) is 0 Å². The van der Waals surface area contributed by atoms with Crippen molar-refractivity contribution in [3.05, 3.63) is 45.8 Å². The minimum Gasteiger partial charge on any atom is -0.486 e. The third-order valence-corrected chi connectivity index (χ3v) is 3.07. The lowest BCUT2D eigenvalue weighted by molar-refractivity contribution is 0.0696. The predicted molar refractivity (Wildman–Crippen MR) is 72.6 cm³/mol. The maximum absolute atomic E-state index is 10.8. The van der Waals surface area contributed by atoms with Gasteiger partial charge < -0.3 is 19.1 Å². The Morgan fingerprint density at radius 2 is 2.20 bits per heavy atom. The van der Waals surface area contributed by atoms with Crippen LogP contribution in [0, 0.1) is 0 Å². The first kappa shape index (κ1) is 14.5. The number of hydrogen-bond acceptors (Lipinski definition) is 5. The van der Waals surface area contributed by atoms with E-state index < -0.39 is 5.97 Å². The highest BCUT2D eigenvalue weighted by molar-refractivity contribution is 9.10. The van der Waals surface area contributed by atoms with Crippen molar-refractivity contribution in [3.8, 4) is 5.75 Å². The molecule has 106 valence electrons. The average molecular weight is 342 g/mol. The first-order valence-corrected chi connectivity index (χ1v) is 6.48. The molecule has 0 atom stereocenters. The summed E-state index contributed by atoms with van der Waals surface area (Å²) in [5.41, 5.74) is 0.819. The molecule has 0 aliphatic heterocycles. The Hall–Kier alpha value is -1.86. The maximum atomic E-state index is 10.8. The van der Waals surface area contributed by atoms with Crippen molar-refractivity contribution >= 4 is 21.9 Å². The van der Waals surface area contributed by atoms with E-state index >= 15 is 0 Å². The van der Waals surface area contributed by atoms with Crippen molar-refractivity contribution in [2.24, 2.45) is 0 Å². The van der Waals surface area contributed by atoms with Crippen LogP contribution in [-0.4, -0.2) is 23.3 Å². The fraction of sp³-hybridized carbons (Fsp3) is 0.231. The second kappa shape index (κ2) is 6.53. The lowest BCUT2D eigenvalue weighted by atomic mass is 10.2. The molecule has 0 radical (unpaired) electrons. The number of carbonyl (C=O) groups is 1. The van der Waals surface area contributed by atoms with Crippen LogP contribution in [0.5, 0.6) is 5.75 Å². The highest BCUT2D eigenvalue weighted by Crippen LogP contribution is 2.26. The van der Waals surface area contributed by atoms with Gasteiger partial charge in [0, 0.05) is 13.2 Å². The minimum atomic E-state index is -0.988. The zero-order valence-corrected chi connectivity index (χ0v) is 12.2. The Morgan fingerprint density at radius 3 is 2.85 bits per heavy atom. The summed E-state index contributed by atoms with van der Waals surface area (Å²) in [7, 11) is 1.57. The number of nitrogens with zero attached hydrogens (tertiary/aromatic N) is 1.